The van der Waals surface area contributed by atoms with Gasteiger partial charge in [0.25, 0.3) is 5.91 Å². The Morgan fingerprint density at radius 1 is 0.885 bits per heavy atom. The van der Waals surface area contributed by atoms with Crippen LogP contribution >= 0.6 is 0 Å². The maximum atomic E-state index is 11.5. The molecule has 0 fully saturated rings. The summed E-state index contributed by atoms with van der Waals surface area (Å²) >= 11 is 0. The van der Waals surface area contributed by atoms with Gasteiger partial charge in [-0.1, -0.05) is 6.07 Å². The van der Waals surface area contributed by atoms with E-state index in [-0.39, 0.29) is 0 Å². The minimum Gasteiger partial charge on any atom is -0.366 e. The Hall–Kier alpha value is -3.94. The fraction of sp³-hybridized carbons (Fsp3) is 0. The van der Waals surface area contributed by atoms with Crippen molar-refractivity contribution in [3.05, 3.63) is 73.1 Å². The van der Waals surface area contributed by atoms with E-state index >= 15 is 0 Å². The highest BCUT2D eigenvalue weighted by molar-refractivity contribution is 5.98. The number of amides is 1. The molecule has 0 saturated heterocycles. The molecule has 0 aliphatic heterocycles. The van der Waals surface area contributed by atoms with Crippen LogP contribution in [-0.2, 0) is 0 Å². The van der Waals surface area contributed by atoms with Crippen molar-refractivity contribution < 1.29 is 4.79 Å². The van der Waals surface area contributed by atoms with Gasteiger partial charge < -0.3 is 5.73 Å². The Morgan fingerprint density at radius 2 is 1.69 bits per heavy atom. The first-order valence-electron chi connectivity index (χ1n) is 7.76. The smallest absolute Gasteiger partial charge is 0.250 e. The lowest BCUT2D eigenvalue weighted by Gasteiger charge is -2.05. The maximum absolute atomic E-state index is 11.5. The Labute approximate surface area is 148 Å². The van der Waals surface area contributed by atoms with Crippen molar-refractivity contribution >= 4 is 5.91 Å². The molecule has 4 rings (SSSR count). The summed E-state index contributed by atoms with van der Waals surface area (Å²) in [5, 5.41) is 4.27. The number of nitrogens with zero attached hydrogens (tertiary/aromatic N) is 6. The Bertz CT molecular complexity index is 1060. The zero-order valence-electron chi connectivity index (χ0n) is 13.5. The van der Waals surface area contributed by atoms with Crippen molar-refractivity contribution in [2.45, 2.75) is 0 Å². The lowest BCUT2D eigenvalue weighted by atomic mass is 10.1. The minimum atomic E-state index is -0.552. The van der Waals surface area contributed by atoms with E-state index in [1.165, 1.54) is 0 Å². The van der Waals surface area contributed by atoms with Crippen LogP contribution in [0.2, 0.25) is 0 Å². The van der Waals surface area contributed by atoms with Crippen LogP contribution in [0, 0.1) is 0 Å². The van der Waals surface area contributed by atoms with Gasteiger partial charge in [-0.3, -0.25) is 14.8 Å². The van der Waals surface area contributed by atoms with Crippen molar-refractivity contribution in [2.75, 3.05) is 0 Å². The third-order valence-electron chi connectivity index (χ3n) is 3.73. The quantitative estimate of drug-likeness (QED) is 0.605. The molecular formula is C18H13N7O. The summed E-state index contributed by atoms with van der Waals surface area (Å²) in [7, 11) is 0. The van der Waals surface area contributed by atoms with Gasteiger partial charge >= 0.3 is 0 Å². The fourth-order valence-electron chi connectivity index (χ4n) is 2.49. The highest BCUT2D eigenvalue weighted by Crippen LogP contribution is 2.20. The van der Waals surface area contributed by atoms with E-state index in [1.54, 1.807) is 54.0 Å². The topological polar surface area (TPSA) is 112 Å². The van der Waals surface area contributed by atoms with E-state index < -0.39 is 5.91 Å². The molecule has 126 valence electrons. The first-order valence-corrected chi connectivity index (χ1v) is 7.76. The summed E-state index contributed by atoms with van der Waals surface area (Å²) in [5.74, 6) is -0.156. The molecule has 4 aromatic heterocycles. The van der Waals surface area contributed by atoms with Crippen LogP contribution in [-0.4, -0.2) is 35.6 Å². The van der Waals surface area contributed by atoms with Crippen LogP contribution in [0.1, 0.15) is 10.4 Å². The number of carbonyl (C=O) groups is 1. The monoisotopic (exact) mass is 343 g/mol. The highest BCUT2D eigenvalue weighted by atomic mass is 16.1. The molecular weight excluding hydrogens is 330 g/mol. The number of rotatable bonds is 4. The summed E-state index contributed by atoms with van der Waals surface area (Å²) in [6, 6.07) is 8.94. The minimum absolute atomic E-state index is 0.320. The molecule has 0 aliphatic rings. The van der Waals surface area contributed by atoms with E-state index in [1.807, 2.05) is 18.2 Å². The third kappa shape index (κ3) is 2.91. The molecule has 8 nitrogen and oxygen atoms in total. The number of carbonyl (C=O) groups excluding carboxylic acids is 1. The largest absolute Gasteiger partial charge is 0.366 e. The average Bonchev–Trinajstić information content (AvgIpc) is 3.19. The molecule has 26 heavy (non-hydrogen) atoms. The zero-order chi connectivity index (χ0) is 17.9. The van der Waals surface area contributed by atoms with Crippen LogP contribution in [0.4, 0.5) is 0 Å². The number of primary amides is 1. The van der Waals surface area contributed by atoms with Gasteiger partial charge in [-0.05, 0) is 24.3 Å². The molecule has 4 aromatic rings. The number of aromatic nitrogens is 6. The molecule has 1 amide bonds. The second-order valence-electron chi connectivity index (χ2n) is 5.42. The van der Waals surface area contributed by atoms with Gasteiger partial charge in [0.05, 0.1) is 23.1 Å². The number of nitrogens with two attached hydrogens (primary N) is 1. The van der Waals surface area contributed by atoms with Gasteiger partial charge in [0, 0.05) is 42.1 Å². The molecule has 2 N–H and O–H groups in total. The zero-order valence-corrected chi connectivity index (χ0v) is 13.5. The first-order chi connectivity index (χ1) is 12.7. The number of hydrogen-bond acceptors (Lipinski definition) is 6. The van der Waals surface area contributed by atoms with Crippen molar-refractivity contribution in [3.63, 3.8) is 0 Å². The van der Waals surface area contributed by atoms with Gasteiger partial charge in [-0.25, -0.2) is 14.6 Å². The predicted molar refractivity (Wildman–Crippen MR) is 94.1 cm³/mol. The molecule has 0 radical (unpaired) electrons. The van der Waals surface area contributed by atoms with E-state index in [0.29, 0.717) is 22.8 Å². The van der Waals surface area contributed by atoms with Crippen molar-refractivity contribution in [1.29, 1.82) is 0 Å². The van der Waals surface area contributed by atoms with Crippen LogP contribution < -0.4 is 5.73 Å². The first kappa shape index (κ1) is 15.6. The Balaban J connectivity index is 1.65. The summed E-state index contributed by atoms with van der Waals surface area (Å²) in [6.07, 6.45) is 9.97. The summed E-state index contributed by atoms with van der Waals surface area (Å²) in [6.45, 7) is 0. The SMILES string of the molecule is NC(=O)c1cccnc1-c1cnc(-n2cc(-c3ccccn3)cn2)nc1. The van der Waals surface area contributed by atoms with Gasteiger partial charge in [0.2, 0.25) is 5.95 Å². The standard InChI is InChI=1S/C18H13N7O/c19-17(26)14-4-3-7-21-16(14)12-8-22-18(23-9-12)25-11-13(10-24-25)15-5-1-2-6-20-15/h1-11H,(H2,19,26). The highest BCUT2D eigenvalue weighted by Gasteiger charge is 2.12. The van der Waals surface area contributed by atoms with E-state index in [2.05, 4.69) is 25.0 Å². The van der Waals surface area contributed by atoms with Gasteiger partial charge in [0.15, 0.2) is 0 Å². The van der Waals surface area contributed by atoms with Crippen LogP contribution in [0.5, 0.6) is 0 Å². The van der Waals surface area contributed by atoms with Gasteiger partial charge in [0.1, 0.15) is 0 Å². The van der Waals surface area contributed by atoms with Crippen molar-refractivity contribution in [3.8, 4) is 28.5 Å². The number of hydrogen-bond donors (Lipinski definition) is 1. The number of pyridine rings is 2. The normalized spacial score (nSPS) is 10.6. The molecule has 4 heterocycles. The summed E-state index contributed by atoms with van der Waals surface area (Å²) in [4.78, 5) is 28.7. The fourth-order valence-corrected chi connectivity index (χ4v) is 2.49. The molecule has 0 spiro atoms. The summed E-state index contributed by atoms with van der Waals surface area (Å²) < 4.78 is 1.56. The Kier molecular flexibility index (Phi) is 3.91. The lowest BCUT2D eigenvalue weighted by molar-refractivity contribution is 0.100. The van der Waals surface area contributed by atoms with Gasteiger partial charge in [-0.2, -0.15) is 5.10 Å². The lowest BCUT2D eigenvalue weighted by Crippen LogP contribution is -2.13. The molecule has 8 heteroatoms. The summed E-state index contributed by atoms with van der Waals surface area (Å²) in [5.41, 5.74) is 8.43. The Morgan fingerprint density at radius 3 is 2.42 bits per heavy atom. The molecule has 0 bridgehead atoms. The molecule has 0 unspecified atom stereocenters. The van der Waals surface area contributed by atoms with E-state index in [9.17, 15) is 4.79 Å². The van der Waals surface area contributed by atoms with Crippen molar-refractivity contribution in [1.82, 2.24) is 29.7 Å². The molecule has 0 saturated carbocycles. The molecule has 0 atom stereocenters. The third-order valence-corrected chi connectivity index (χ3v) is 3.73. The van der Waals surface area contributed by atoms with Crippen LogP contribution in [0.15, 0.2) is 67.5 Å². The van der Waals surface area contributed by atoms with E-state index in [0.717, 1.165) is 11.3 Å². The van der Waals surface area contributed by atoms with Crippen molar-refractivity contribution in [2.24, 2.45) is 5.73 Å². The molecule has 0 aromatic carbocycles. The van der Waals surface area contributed by atoms with E-state index in [4.69, 9.17) is 5.73 Å². The second kappa shape index (κ2) is 6.52. The van der Waals surface area contributed by atoms with Gasteiger partial charge in [-0.15, -0.1) is 0 Å². The average molecular weight is 343 g/mol. The maximum Gasteiger partial charge on any atom is 0.250 e. The predicted octanol–water partition coefficient (Wildman–Crippen LogP) is 1.89. The van der Waals surface area contributed by atoms with Crippen LogP contribution in [0.25, 0.3) is 28.5 Å². The molecule has 0 aliphatic carbocycles. The second-order valence-corrected chi connectivity index (χ2v) is 5.42. The van der Waals surface area contributed by atoms with Crippen LogP contribution in [0.3, 0.4) is 0 Å².